The van der Waals surface area contributed by atoms with Gasteiger partial charge in [0.2, 0.25) is 5.78 Å². The van der Waals surface area contributed by atoms with Crippen molar-refractivity contribution in [2.24, 2.45) is 50.7 Å². The van der Waals surface area contributed by atoms with Gasteiger partial charge in [0, 0.05) is 18.8 Å². The fourth-order valence-corrected chi connectivity index (χ4v) is 11.5. The van der Waals surface area contributed by atoms with Crippen molar-refractivity contribution in [3.05, 3.63) is 11.1 Å². The van der Waals surface area contributed by atoms with E-state index in [2.05, 4.69) is 34.6 Å². The summed E-state index contributed by atoms with van der Waals surface area (Å²) in [6.07, 6.45) is 7.10. The van der Waals surface area contributed by atoms with Crippen molar-refractivity contribution in [2.45, 2.75) is 119 Å². The van der Waals surface area contributed by atoms with Gasteiger partial charge in [-0.3, -0.25) is 14.4 Å². The molecule has 0 aromatic carbocycles. The number of fused-ring (bicyclic) bond motifs is 7. The van der Waals surface area contributed by atoms with Gasteiger partial charge in [0.25, 0.3) is 0 Å². The summed E-state index contributed by atoms with van der Waals surface area (Å²) >= 11 is 0. The molecular formula is C33H48O6. The summed E-state index contributed by atoms with van der Waals surface area (Å²) in [7, 11) is 0. The van der Waals surface area contributed by atoms with Crippen molar-refractivity contribution < 1.29 is 29.0 Å². The summed E-state index contributed by atoms with van der Waals surface area (Å²) in [5.41, 5.74) is 0.348. The molecule has 5 aliphatic carbocycles. The maximum atomic E-state index is 13.4. The Hall–Kier alpha value is -1.98. The highest BCUT2D eigenvalue weighted by atomic mass is 16.5. The number of carboxylic acids is 1. The van der Waals surface area contributed by atoms with Gasteiger partial charge in [-0.05, 0) is 102 Å². The maximum Gasteiger partial charge on any atom is 0.373 e. The van der Waals surface area contributed by atoms with Gasteiger partial charge < -0.3 is 9.84 Å². The van der Waals surface area contributed by atoms with E-state index in [1.807, 2.05) is 13.8 Å². The smallest absolute Gasteiger partial charge is 0.373 e. The van der Waals surface area contributed by atoms with Crippen LogP contribution in [0.15, 0.2) is 11.1 Å². The molecule has 0 bridgehead atoms. The van der Waals surface area contributed by atoms with Crippen molar-refractivity contribution in [3.63, 3.8) is 0 Å². The third kappa shape index (κ3) is 3.57. The molecular weight excluding hydrogens is 492 g/mol. The Morgan fingerprint density at radius 1 is 0.872 bits per heavy atom. The Balaban J connectivity index is 1.58. The van der Waals surface area contributed by atoms with E-state index in [1.165, 1.54) is 6.92 Å². The highest BCUT2D eigenvalue weighted by Gasteiger charge is 2.71. The molecule has 5 aliphatic rings. The zero-order chi connectivity index (χ0) is 28.9. The van der Waals surface area contributed by atoms with Gasteiger partial charge in [-0.2, -0.15) is 0 Å². The molecule has 0 amide bonds. The number of ether oxygens (including phenoxy) is 1. The van der Waals surface area contributed by atoms with Crippen LogP contribution >= 0.6 is 0 Å². The summed E-state index contributed by atoms with van der Waals surface area (Å²) in [5, 5.41) is 9.86. The molecule has 8 atom stereocenters. The predicted molar refractivity (Wildman–Crippen MR) is 148 cm³/mol. The fourth-order valence-electron chi connectivity index (χ4n) is 11.5. The average Bonchev–Trinajstić information content (AvgIpc) is 3.13. The van der Waals surface area contributed by atoms with Crippen LogP contribution in [0.1, 0.15) is 113 Å². The number of carboxylic acid groups (broad SMARTS) is 1. The molecule has 1 N–H and O–H groups in total. The van der Waals surface area contributed by atoms with Gasteiger partial charge in [-0.15, -0.1) is 0 Å². The summed E-state index contributed by atoms with van der Waals surface area (Å²) < 4.78 is 5.85. The second-order valence-electron chi connectivity index (χ2n) is 15.4. The van der Waals surface area contributed by atoms with E-state index in [0.29, 0.717) is 18.3 Å². The van der Waals surface area contributed by atoms with Crippen LogP contribution < -0.4 is 0 Å². The van der Waals surface area contributed by atoms with Crippen molar-refractivity contribution >= 4 is 23.5 Å². The lowest BCUT2D eigenvalue weighted by molar-refractivity contribution is -0.232. The average molecular weight is 541 g/mol. The molecule has 0 saturated heterocycles. The zero-order valence-corrected chi connectivity index (χ0v) is 25.2. The molecule has 0 spiro atoms. The number of hydrogen-bond donors (Lipinski definition) is 1. The van der Waals surface area contributed by atoms with E-state index in [-0.39, 0.29) is 57.8 Å². The lowest BCUT2D eigenvalue weighted by Gasteiger charge is -2.72. The molecule has 4 fully saturated rings. The lowest BCUT2D eigenvalue weighted by Crippen LogP contribution is -2.66. The standard InChI is InChI=1S/C33H48O6/c1-18(2)25-21(35)17-33(27(36)28(37)38)16-15-31(7)20(26(25)33)9-10-23-30(6)13-12-24(39-19(3)34)29(4,5)22(30)11-14-32(23,31)8/h18,20,22-24H,9-17H2,1-8H3,(H,37,38)/t20?,22-,23+,24?,30-,31+,32?,33+/m0/s1. The highest BCUT2D eigenvalue weighted by molar-refractivity contribution is 6.37. The predicted octanol–water partition coefficient (Wildman–Crippen LogP) is 6.55. The Labute approximate surface area is 233 Å². The van der Waals surface area contributed by atoms with Crippen LogP contribution in [-0.2, 0) is 23.9 Å². The summed E-state index contributed by atoms with van der Waals surface area (Å²) in [4.78, 5) is 50.8. The molecule has 5 rings (SSSR count). The molecule has 0 radical (unpaired) electrons. The number of rotatable bonds is 4. The van der Waals surface area contributed by atoms with Gasteiger partial charge in [0.15, 0.2) is 5.78 Å². The molecule has 39 heavy (non-hydrogen) atoms. The molecule has 216 valence electrons. The van der Waals surface area contributed by atoms with E-state index in [1.54, 1.807) is 0 Å². The van der Waals surface area contributed by atoms with Crippen molar-refractivity contribution in [1.29, 1.82) is 0 Å². The van der Waals surface area contributed by atoms with E-state index in [9.17, 15) is 24.3 Å². The molecule has 6 nitrogen and oxygen atoms in total. The second-order valence-corrected chi connectivity index (χ2v) is 15.4. The molecule has 0 heterocycles. The number of Topliss-reactive ketones (excluding diaryl/α,β-unsaturated/α-hetero) is 2. The van der Waals surface area contributed by atoms with Crippen molar-refractivity contribution in [3.8, 4) is 0 Å². The van der Waals surface area contributed by atoms with Crippen LogP contribution in [0, 0.1) is 50.7 Å². The minimum absolute atomic E-state index is 0.00464. The van der Waals surface area contributed by atoms with Crippen LogP contribution in [0.25, 0.3) is 0 Å². The third-order valence-corrected chi connectivity index (χ3v) is 13.3. The van der Waals surface area contributed by atoms with Gasteiger partial charge in [-0.25, -0.2) is 4.79 Å². The number of allylic oxidation sites excluding steroid dienone is 2. The largest absolute Gasteiger partial charge is 0.475 e. The zero-order valence-electron chi connectivity index (χ0n) is 25.2. The number of ketones is 2. The number of hydrogen-bond acceptors (Lipinski definition) is 5. The van der Waals surface area contributed by atoms with Gasteiger partial charge in [-0.1, -0.05) is 48.5 Å². The van der Waals surface area contributed by atoms with Crippen LogP contribution in [0.3, 0.4) is 0 Å². The number of aliphatic carboxylic acids is 1. The first-order valence-electron chi connectivity index (χ1n) is 15.2. The Kier molecular flexibility index (Phi) is 6.41. The Morgan fingerprint density at radius 2 is 1.54 bits per heavy atom. The molecule has 6 heteroatoms. The van der Waals surface area contributed by atoms with Crippen LogP contribution in [0.2, 0.25) is 0 Å². The summed E-state index contributed by atoms with van der Waals surface area (Å²) in [5.74, 6) is -1.48. The molecule has 0 aliphatic heterocycles. The summed E-state index contributed by atoms with van der Waals surface area (Å²) in [6.45, 7) is 17.4. The highest BCUT2D eigenvalue weighted by Crippen LogP contribution is 2.76. The quantitative estimate of drug-likeness (QED) is 0.321. The Morgan fingerprint density at radius 3 is 2.13 bits per heavy atom. The fraction of sp³-hybridized carbons (Fsp3) is 0.818. The van der Waals surface area contributed by atoms with E-state index in [4.69, 9.17) is 4.74 Å². The van der Waals surface area contributed by atoms with Crippen molar-refractivity contribution in [1.82, 2.24) is 0 Å². The normalized spacial score (nSPS) is 44.7. The SMILES string of the molecule is CC(=O)OC1CC[C@@]2(C)[C@@H](CCC3(C)[C@@H]2CCC2C4=C(C(C)C)C(=O)C[C@]4(C(=O)C(=O)O)CC[C@]23C)C1(C)C. The van der Waals surface area contributed by atoms with Crippen LogP contribution in [0.5, 0.6) is 0 Å². The third-order valence-electron chi connectivity index (χ3n) is 13.3. The molecule has 3 unspecified atom stereocenters. The van der Waals surface area contributed by atoms with E-state index in [0.717, 1.165) is 56.1 Å². The number of carbonyl (C=O) groups excluding carboxylic acids is 3. The lowest BCUT2D eigenvalue weighted by atomic mass is 9.33. The molecule has 0 aromatic heterocycles. The monoisotopic (exact) mass is 540 g/mol. The Bertz CT molecular complexity index is 1160. The first-order chi connectivity index (χ1) is 18.0. The minimum Gasteiger partial charge on any atom is -0.475 e. The minimum atomic E-state index is -1.41. The topological polar surface area (TPSA) is 97.7 Å². The van der Waals surface area contributed by atoms with E-state index >= 15 is 0 Å². The van der Waals surface area contributed by atoms with Crippen LogP contribution in [0.4, 0.5) is 0 Å². The molecule has 0 aromatic rings. The van der Waals surface area contributed by atoms with E-state index < -0.39 is 17.2 Å². The maximum absolute atomic E-state index is 13.4. The van der Waals surface area contributed by atoms with Gasteiger partial charge in [0.1, 0.15) is 6.10 Å². The summed E-state index contributed by atoms with van der Waals surface area (Å²) in [6, 6.07) is 0. The van der Waals surface area contributed by atoms with Crippen molar-refractivity contribution in [2.75, 3.05) is 0 Å². The second kappa shape index (κ2) is 8.76. The van der Waals surface area contributed by atoms with Crippen LogP contribution in [-0.4, -0.2) is 34.7 Å². The first kappa shape index (κ1) is 28.5. The van der Waals surface area contributed by atoms with Gasteiger partial charge >= 0.3 is 11.9 Å². The number of esters is 1. The number of carbonyl (C=O) groups is 4. The molecule has 4 saturated carbocycles. The first-order valence-corrected chi connectivity index (χ1v) is 15.2. The van der Waals surface area contributed by atoms with Gasteiger partial charge in [0.05, 0.1) is 5.41 Å².